The van der Waals surface area contributed by atoms with E-state index >= 15 is 0 Å². The predicted molar refractivity (Wildman–Crippen MR) is 61.8 cm³/mol. The standard InChI is InChI=1S/C13H16FN/c1-10(14)5-4-7-12-9-11-6-2-3-8-13(11)15-12/h2-3,6,8-10,15H,4-5,7H2,1H3. The maximum absolute atomic E-state index is 12.6. The third-order valence-corrected chi connectivity index (χ3v) is 2.63. The first-order valence-electron chi connectivity index (χ1n) is 5.46. The van der Waals surface area contributed by atoms with Gasteiger partial charge in [0, 0.05) is 11.2 Å². The van der Waals surface area contributed by atoms with Gasteiger partial charge in [0.15, 0.2) is 0 Å². The number of benzene rings is 1. The molecule has 0 bridgehead atoms. The summed E-state index contributed by atoms with van der Waals surface area (Å²) in [6.07, 6.45) is 1.80. The van der Waals surface area contributed by atoms with Crippen molar-refractivity contribution >= 4 is 10.9 Å². The van der Waals surface area contributed by atoms with Crippen LogP contribution in [-0.2, 0) is 6.42 Å². The third kappa shape index (κ3) is 2.58. The highest BCUT2D eigenvalue weighted by molar-refractivity contribution is 5.80. The molecule has 0 amide bonds. The van der Waals surface area contributed by atoms with Gasteiger partial charge in [0.25, 0.3) is 0 Å². The molecule has 0 fully saturated rings. The summed E-state index contributed by atoms with van der Waals surface area (Å²) in [6.45, 7) is 1.62. The van der Waals surface area contributed by atoms with Crippen LogP contribution in [0.4, 0.5) is 4.39 Å². The Morgan fingerprint density at radius 3 is 2.87 bits per heavy atom. The van der Waals surface area contributed by atoms with Crippen molar-refractivity contribution in [3.63, 3.8) is 0 Å². The molecule has 1 atom stereocenters. The highest BCUT2D eigenvalue weighted by Gasteiger charge is 2.01. The molecule has 15 heavy (non-hydrogen) atoms. The fourth-order valence-electron chi connectivity index (χ4n) is 1.84. The zero-order valence-corrected chi connectivity index (χ0v) is 8.96. The second kappa shape index (κ2) is 4.47. The Kier molecular flexibility index (Phi) is 3.05. The lowest BCUT2D eigenvalue weighted by Crippen LogP contribution is -1.94. The molecule has 2 aromatic rings. The van der Waals surface area contributed by atoms with Crippen LogP contribution in [0.2, 0.25) is 0 Å². The summed E-state index contributed by atoms with van der Waals surface area (Å²) in [7, 11) is 0. The van der Waals surface area contributed by atoms with E-state index in [-0.39, 0.29) is 0 Å². The van der Waals surface area contributed by atoms with Crippen LogP contribution < -0.4 is 0 Å². The minimum absolute atomic E-state index is 0.648. The number of hydrogen-bond acceptors (Lipinski definition) is 0. The molecule has 2 heteroatoms. The zero-order chi connectivity index (χ0) is 10.7. The van der Waals surface area contributed by atoms with Gasteiger partial charge < -0.3 is 4.98 Å². The Morgan fingerprint density at radius 1 is 1.33 bits per heavy atom. The van der Waals surface area contributed by atoms with E-state index in [0.29, 0.717) is 6.42 Å². The average Bonchev–Trinajstić information content (AvgIpc) is 2.59. The predicted octanol–water partition coefficient (Wildman–Crippen LogP) is 3.85. The SMILES string of the molecule is CC(F)CCCc1cc2ccccc2[nH]1. The van der Waals surface area contributed by atoms with Gasteiger partial charge in [0.1, 0.15) is 0 Å². The van der Waals surface area contributed by atoms with Crippen LogP contribution in [0.25, 0.3) is 10.9 Å². The van der Waals surface area contributed by atoms with Gasteiger partial charge in [-0.3, -0.25) is 0 Å². The normalized spacial score (nSPS) is 13.2. The lowest BCUT2D eigenvalue weighted by Gasteiger charge is -1.99. The summed E-state index contributed by atoms with van der Waals surface area (Å²) in [5.41, 5.74) is 2.37. The van der Waals surface area contributed by atoms with E-state index in [9.17, 15) is 4.39 Å². The first-order valence-corrected chi connectivity index (χ1v) is 5.46. The topological polar surface area (TPSA) is 15.8 Å². The third-order valence-electron chi connectivity index (χ3n) is 2.63. The van der Waals surface area contributed by atoms with Crippen molar-refractivity contribution < 1.29 is 4.39 Å². The van der Waals surface area contributed by atoms with Crippen LogP contribution in [0, 0.1) is 0 Å². The molecule has 0 aliphatic carbocycles. The highest BCUT2D eigenvalue weighted by Crippen LogP contribution is 2.16. The summed E-state index contributed by atoms with van der Waals surface area (Å²) >= 11 is 0. The van der Waals surface area contributed by atoms with Crippen LogP contribution in [0.5, 0.6) is 0 Å². The van der Waals surface area contributed by atoms with Gasteiger partial charge in [-0.05, 0) is 43.7 Å². The molecule has 0 aliphatic heterocycles. The summed E-state index contributed by atoms with van der Waals surface area (Å²) < 4.78 is 12.6. The summed E-state index contributed by atoms with van der Waals surface area (Å²) in [5, 5.41) is 1.24. The number of aryl methyl sites for hydroxylation is 1. The molecule has 1 nitrogen and oxygen atoms in total. The molecule has 1 aromatic heterocycles. The molecule has 80 valence electrons. The van der Waals surface area contributed by atoms with Crippen molar-refractivity contribution in [1.82, 2.24) is 4.98 Å². The van der Waals surface area contributed by atoms with E-state index < -0.39 is 6.17 Å². The van der Waals surface area contributed by atoms with Gasteiger partial charge in [-0.1, -0.05) is 18.2 Å². The molecule has 2 rings (SSSR count). The number of halogens is 1. The molecule has 0 saturated carbocycles. The summed E-state index contributed by atoms with van der Waals surface area (Å²) in [5.74, 6) is 0. The number of H-pyrrole nitrogens is 1. The molecule has 0 saturated heterocycles. The van der Waals surface area contributed by atoms with Crippen molar-refractivity contribution in [2.24, 2.45) is 0 Å². The molecule has 1 aromatic carbocycles. The molecular formula is C13H16FN. The minimum atomic E-state index is -0.686. The molecule has 0 aliphatic rings. The van der Waals surface area contributed by atoms with Crippen LogP contribution in [0.3, 0.4) is 0 Å². The van der Waals surface area contributed by atoms with Gasteiger partial charge >= 0.3 is 0 Å². The monoisotopic (exact) mass is 205 g/mol. The maximum Gasteiger partial charge on any atom is 0.0973 e. The Hall–Kier alpha value is -1.31. The quantitative estimate of drug-likeness (QED) is 0.780. The number of rotatable bonds is 4. The van der Waals surface area contributed by atoms with E-state index in [4.69, 9.17) is 0 Å². The van der Waals surface area contributed by atoms with Crippen molar-refractivity contribution in [2.75, 3.05) is 0 Å². The van der Waals surface area contributed by atoms with Crippen molar-refractivity contribution in [3.8, 4) is 0 Å². The Morgan fingerprint density at radius 2 is 2.13 bits per heavy atom. The van der Waals surface area contributed by atoms with Crippen LogP contribution in [0.1, 0.15) is 25.5 Å². The minimum Gasteiger partial charge on any atom is -0.358 e. The summed E-state index contributed by atoms with van der Waals surface area (Å²) in [4.78, 5) is 3.35. The molecular weight excluding hydrogens is 189 g/mol. The van der Waals surface area contributed by atoms with Gasteiger partial charge in [-0.2, -0.15) is 0 Å². The van der Waals surface area contributed by atoms with Crippen molar-refractivity contribution in [2.45, 2.75) is 32.4 Å². The number of para-hydroxylation sites is 1. The number of hydrogen-bond donors (Lipinski definition) is 1. The van der Waals surface area contributed by atoms with E-state index in [1.807, 2.05) is 12.1 Å². The maximum atomic E-state index is 12.6. The lowest BCUT2D eigenvalue weighted by molar-refractivity contribution is 0.334. The number of alkyl halides is 1. The van der Waals surface area contributed by atoms with Crippen LogP contribution >= 0.6 is 0 Å². The van der Waals surface area contributed by atoms with Crippen LogP contribution in [0.15, 0.2) is 30.3 Å². The second-order valence-corrected chi connectivity index (χ2v) is 4.05. The van der Waals surface area contributed by atoms with Crippen molar-refractivity contribution in [3.05, 3.63) is 36.0 Å². The van der Waals surface area contributed by atoms with Gasteiger partial charge in [-0.25, -0.2) is 4.39 Å². The molecule has 1 heterocycles. The number of fused-ring (bicyclic) bond motifs is 1. The second-order valence-electron chi connectivity index (χ2n) is 4.05. The first-order chi connectivity index (χ1) is 7.25. The Labute approximate surface area is 89.3 Å². The molecule has 1 unspecified atom stereocenters. The highest BCUT2D eigenvalue weighted by atomic mass is 19.1. The van der Waals surface area contributed by atoms with E-state index in [1.165, 1.54) is 16.6 Å². The van der Waals surface area contributed by atoms with E-state index in [1.54, 1.807) is 6.92 Å². The van der Waals surface area contributed by atoms with E-state index in [2.05, 4.69) is 23.2 Å². The van der Waals surface area contributed by atoms with Gasteiger partial charge in [0.2, 0.25) is 0 Å². The zero-order valence-electron chi connectivity index (χ0n) is 8.96. The smallest absolute Gasteiger partial charge is 0.0973 e. The fraction of sp³-hybridized carbons (Fsp3) is 0.385. The fourth-order valence-corrected chi connectivity index (χ4v) is 1.84. The first kappa shape index (κ1) is 10.2. The summed E-state index contributed by atoms with van der Waals surface area (Å²) in [6, 6.07) is 10.4. The Bertz CT molecular complexity index is 398. The van der Waals surface area contributed by atoms with Crippen molar-refractivity contribution in [1.29, 1.82) is 0 Å². The van der Waals surface area contributed by atoms with Gasteiger partial charge in [0.05, 0.1) is 6.17 Å². The average molecular weight is 205 g/mol. The largest absolute Gasteiger partial charge is 0.358 e. The molecule has 0 spiro atoms. The molecule has 0 radical (unpaired) electrons. The molecule has 1 N–H and O–H groups in total. The van der Waals surface area contributed by atoms with Crippen LogP contribution in [-0.4, -0.2) is 11.2 Å². The number of aromatic nitrogens is 1. The van der Waals surface area contributed by atoms with Gasteiger partial charge in [-0.15, -0.1) is 0 Å². The van der Waals surface area contributed by atoms with E-state index in [0.717, 1.165) is 12.8 Å². The number of nitrogens with one attached hydrogen (secondary N) is 1. The lowest BCUT2D eigenvalue weighted by atomic mass is 10.1. The number of aromatic amines is 1. The Balaban J connectivity index is 2.03.